The quantitative estimate of drug-likeness (QED) is 0.558. The van der Waals surface area contributed by atoms with Crippen LogP contribution < -0.4 is 0 Å². The first-order valence-electron chi connectivity index (χ1n) is 7.44. The number of hydrogen-bond donors (Lipinski definition) is 0. The third-order valence-electron chi connectivity index (χ3n) is 3.82. The first kappa shape index (κ1) is 16.9. The van der Waals surface area contributed by atoms with E-state index in [1.807, 2.05) is 37.3 Å². The molecule has 0 amide bonds. The molecule has 2 rings (SSSR count). The Morgan fingerprint density at radius 2 is 1.74 bits per heavy atom. The van der Waals surface area contributed by atoms with Gasteiger partial charge in [-0.05, 0) is 25.3 Å². The highest BCUT2D eigenvalue weighted by Gasteiger charge is 2.46. The molecule has 0 unspecified atom stereocenters. The van der Waals surface area contributed by atoms with E-state index in [1.54, 1.807) is 12.1 Å². The Morgan fingerprint density at radius 3 is 2.30 bits per heavy atom. The van der Waals surface area contributed by atoms with Crippen LogP contribution in [-0.2, 0) is 6.42 Å². The second kappa shape index (κ2) is 7.19. The molecule has 0 saturated carbocycles. The zero-order valence-electron chi connectivity index (χ0n) is 12.9. The zero-order valence-corrected chi connectivity index (χ0v) is 12.9. The van der Waals surface area contributed by atoms with Gasteiger partial charge in [0.1, 0.15) is 0 Å². The van der Waals surface area contributed by atoms with E-state index < -0.39 is 17.6 Å². The average Bonchev–Trinajstić information content (AvgIpc) is 2.56. The number of halogens is 2. The van der Waals surface area contributed by atoms with Gasteiger partial charge < -0.3 is 0 Å². The summed E-state index contributed by atoms with van der Waals surface area (Å²) in [6, 6.07) is 15.4. The fraction of sp³-hybridized carbons (Fsp3) is 0.250. The van der Waals surface area contributed by atoms with Crippen LogP contribution in [0.5, 0.6) is 0 Å². The van der Waals surface area contributed by atoms with Gasteiger partial charge in [-0.2, -0.15) is 8.78 Å². The van der Waals surface area contributed by atoms with E-state index in [0.29, 0.717) is 6.42 Å². The van der Waals surface area contributed by atoms with Crippen molar-refractivity contribution in [1.82, 2.24) is 0 Å². The summed E-state index contributed by atoms with van der Waals surface area (Å²) in [5.41, 5.74) is 1.81. The highest BCUT2D eigenvalue weighted by atomic mass is 19.3. The highest BCUT2D eigenvalue weighted by molar-refractivity contribution is 6.01. The van der Waals surface area contributed by atoms with Crippen molar-refractivity contribution in [3.8, 4) is 12.3 Å². The molecule has 0 heterocycles. The second-order valence-electron chi connectivity index (χ2n) is 5.56. The lowest BCUT2D eigenvalue weighted by Gasteiger charge is -2.21. The van der Waals surface area contributed by atoms with Crippen LogP contribution in [0.25, 0.3) is 0 Å². The molecule has 23 heavy (non-hydrogen) atoms. The van der Waals surface area contributed by atoms with Crippen LogP contribution in [-0.4, -0.2) is 11.7 Å². The first-order chi connectivity index (χ1) is 10.9. The first-order valence-corrected chi connectivity index (χ1v) is 7.44. The molecule has 2 aromatic carbocycles. The lowest BCUT2D eigenvalue weighted by Crippen LogP contribution is -2.37. The van der Waals surface area contributed by atoms with Crippen molar-refractivity contribution in [2.75, 3.05) is 0 Å². The maximum absolute atomic E-state index is 14.5. The Hall–Kier alpha value is -2.47. The topological polar surface area (TPSA) is 17.1 Å². The van der Waals surface area contributed by atoms with Crippen LogP contribution in [0.15, 0.2) is 54.6 Å². The van der Waals surface area contributed by atoms with E-state index >= 15 is 0 Å². The van der Waals surface area contributed by atoms with Gasteiger partial charge in [-0.1, -0.05) is 66.1 Å². The molecular weight excluding hydrogens is 294 g/mol. The molecule has 0 aliphatic rings. The molecule has 0 N–H and O–H groups in total. The number of alkyl halides is 2. The smallest absolute Gasteiger partial charge is 0.287 e. The largest absolute Gasteiger partial charge is 0.323 e. The summed E-state index contributed by atoms with van der Waals surface area (Å²) in [5, 5.41) is 0. The molecule has 1 atom stereocenters. The number of hydrogen-bond acceptors (Lipinski definition) is 1. The van der Waals surface area contributed by atoms with Crippen molar-refractivity contribution in [2.24, 2.45) is 5.92 Å². The normalized spacial score (nSPS) is 12.4. The Bertz CT molecular complexity index is 697. The molecule has 3 heteroatoms. The Balaban J connectivity index is 2.13. The summed E-state index contributed by atoms with van der Waals surface area (Å²) in [6.07, 6.45) is 5.75. The fourth-order valence-electron chi connectivity index (χ4n) is 2.38. The summed E-state index contributed by atoms with van der Waals surface area (Å²) >= 11 is 0. The Labute approximate surface area is 135 Å². The van der Waals surface area contributed by atoms with E-state index in [0.717, 1.165) is 11.1 Å². The van der Waals surface area contributed by atoms with Gasteiger partial charge >= 0.3 is 5.92 Å². The van der Waals surface area contributed by atoms with Gasteiger partial charge in [0, 0.05) is 5.56 Å². The lowest BCUT2D eigenvalue weighted by atomic mass is 9.89. The summed E-state index contributed by atoms with van der Waals surface area (Å²) in [5.74, 6) is -4.10. The van der Waals surface area contributed by atoms with Gasteiger partial charge in [-0.15, -0.1) is 6.42 Å². The molecule has 0 aliphatic carbocycles. The van der Waals surface area contributed by atoms with E-state index in [9.17, 15) is 13.6 Å². The van der Waals surface area contributed by atoms with E-state index in [4.69, 9.17) is 6.42 Å². The highest BCUT2D eigenvalue weighted by Crippen LogP contribution is 2.32. The number of benzene rings is 2. The number of carbonyl (C=O) groups excluding carboxylic acids is 1. The maximum atomic E-state index is 14.5. The van der Waals surface area contributed by atoms with Crippen molar-refractivity contribution < 1.29 is 13.6 Å². The van der Waals surface area contributed by atoms with Crippen molar-refractivity contribution in [3.05, 3.63) is 71.3 Å². The summed E-state index contributed by atoms with van der Waals surface area (Å²) < 4.78 is 29.0. The van der Waals surface area contributed by atoms with Crippen LogP contribution in [0.4, 0.5) is 8.78 Å². The fourth-order valence-corrected chi connectivity index (χ4v) is 2.38. The molecule has 118 valence electrons. The molecule has 0 fully saturated rings. The minimum absolute atomic E-state index is 0.0134. The lowest BCUT2D eigenvalue weighted by molar-refractivity contribution is -0.0166. The number of rotatable bonds is 6. The van der Waals surface area contributed by atoms with Gasteiger partial charge in [0.05, 0.1) is 5.92 Å². The minimum atomic E-state index is -3.57. The van der Waals surface area contributed by atoms with Gasteiger partial charge in [0.2, 0.25) is 5.78 Å². The number of aryl methyl sites for hydroxylation is 2. The number of terminal acetylenes is 1. The van der Waals surface area contributed by atoms with Crippen LogP contribution in [0, 0.1) is 25.2 Å². The number of carbonyl (C=O) groups is 1. The van der Waals surface area contributed by atoms with Gasteiger partial charge in [-0.25, -0.2) is 0 Å². The van der Waals surface area contributed by atoms with E-state index in [1.165, 1.54) is 12.1 Å². The number of Topliss-reactive ketones (excluding diaryl/α,β-unsaturated/α-hetero) is 1. The molecule has 0 aromatic heterocycles. The van der Waals surface area contributed by atoms with Crippen LogP contribution in [0.2, 0.25) is 0 Å². The predicted octanol–water partition coefficient (Wildman–Crippen LogP) is 4.70. The summed E-state index contributed by atoms with van der Waals surface area (Å²) in [4.78, 5) is 12.1. The standard InChI is InChI=1S/C20H18F2O/c1-3-18(14-11-16-7-5-4-6-8-16)20(21,22)19(23)17-12-9-15(2)10-13-17/h1,4-10,12-13,18H,11,14H2,2H3/t18-/m1/s1. The van der Waals surface area contributed by atoms with E-state index in [2.05, 4.69) is 5.92 Å². The molecule has 1 nitrogen and oxygen atoms in total. The summed E-state index contributed by atoms with van der Waals surface area (Å²) in [6.45, 7) is 1.83. The van der Waals surface area contributed by atoms with E-state index in [-0.39, 0.29) is 12.0 Å². The Kier molecular flexibility index (Phi) is 5.28. The second-order valence-corrected chi connectivity index (χ2v) is 5.56. The van der Waals surface area contributed by atoms with Crippen molar-refractivity contribution in [2.45, 2.75) is 25.7 Å². The number of ketones is 1. The zero-order chi connectivity index (χ0) is 16.9. The molecule has 0 radical (unpaired) electrons. The summed E-state index contributed by atoms with van der Waals surface area (Å²) in [7, 11) is 0. The molecular formula is C20H18F2O. The van der Waals surface area contributed by atoms with Crippen molar-refractivity contribution in [1.29, 1.82) is 0 Å². The Morgan fingerprint density at radius 1 is 1.13 bits per heavy atom. The molecule has 0 saturated heterocycles. The van der Waals surface area contributed by atoms with Crippen LogP contribution >= 0.6 is 0 Å². The predicted molar refractivity (Wildman–Crippen MR) is 87.5 cm³/mol. The van der Waals surface area contributed by atoms with Crippen LogP contribution in [0.1, 0.15) is 27.9 Å². The van der Waals surface area contributed by atoms with Crippen molar-refractivity contribution in [3.63, 3.8) is 0 Å². The maximum Gasteiger partial charge on any atom is 0.323 e. The molecule has 0 bridgehead atoms. The van der Waals surface area contributed by atoms with Crippen LogP contribution in [0.3, 0.4) is 0 Å². The van der Waals surface area contributed by atoms with Gasteiger partial charge in [-0.3, -0.25) is 4.79 Å². The van der Waals surface area contributed by atoms with Gasteiger partial charge in [0.15, 0.2) is 0 Å². The molecule has 0 aliphatic heterocycles. The van der Waals surface area contributed by atoms with Gasteiger partial charge in [0.25, 0.3) is 0 Å². The SMILES string of the molecule is C#C[C@H](CCc1ccccc1)C(F)(F)C(=O)c1ccc(C)cc1. The molecule has 0 spiro atoms. The third kappa shape index (κ3) is 4.04. The monoisotopic (exact) mass is 312 g/mol. The molecule has 2 aromatic rings. The average molecular weight is 312 g/mol. The minimum Gasteiger partial charge on any atom is -0.287 e. The third-order valence-corrected chi connectivity index (χ3v) is 3.82. The van der Waals surface area contributed by atoms with Crippen molar-refractivity contribution >= 4 is 5.78 Å².